The fraction of sp³-hybridized carbons (Fsp3) is 0.800. The largest absolute Gasteiger partial charge is 0.424 e. The molecule has 1 fully saturated rings. The van der Waals surface area contributed by atoms with Crippen molar-refractivity contribution in [2.24, 2.45) is 0 Å². The Bertz CT molecular complexity index is 294. The summed E-state index contributed by atoms with van der Waals surface area (Å²) in [4.78, 5) is 0. The molecule has 1 aromatic heterocycles. The molecular formula is C10H16N2O. The van der Waals surface area contributed by atoms with Gasteiger partial charge in [-0.1, -0.05) is 27.2 Å². The summed E-state index contributed by atoms with van der Waals surface area (Å²) in [5.74, 6) is 2.15. The van der Waals surface area contributed by atoms with Crippen LogP contribution in [-0.2, 0) is 5.41 Å². The molecule has 0 unspecified atom stereocenters. The van der Waals surface area contributed by atoms with E-state index in [0.29, 0.717) is 5.92 Å². The molecule has 1 aliphatic rings. The molecule has 72 valence electrons. The first kappa shape index (κ1) is 8.73. The maximum atomic E-state index is 5.63. The van der Waals surface area contributed by atoms with E-state index >= 15 is 0 Å². The third-order valence-electron chi connectivity index (χ3n) is 2.54. The van der Waals surface area contributed by atoms with Crippen LogP contribution in [-0.4, -0.2) is 10.2 Å². The summed E-state index contributed by atoms with van der Waals surface area (Å²) in [6.45, 7) is 6.27. The third-order valence-corrected chi connectivity index (χ3v) is 2.54. The molecule has 1 aliphatic carbocycles. The molecule has 3 nitrogen and oxygen atoms in total. The van der Waals surface area contributed by atoms with Gasteiger partial charge in [-0.15, -0.1) is 10.2 Å². The monoisotopic (exact) mass is 180 g/mol. The van der Waals surface area contributed by atoms with Gasteiger partial charge >= 0.3 is 0 Å². The molecule has 0 aliphatic heterocycles. The minimum atomic E-state index is -0.0189. The van der Waals surface area contributed by atoms with Gasteiger partial charge in [0, 0.05) is 11.3 Å². The SMILES string of the molecule is CC(C)(C)c1nnc(C2CCC2)o1. The molecule has 0 bridgehead atoms. The Morgan fingerprint density at radius 1 is 1.23 bits per heavy atom. The standard InChI is InChI=1S/C10H16N2O/c1-10(2,3)9-12-11-8(13-9)7-5-4-6-7/h7H,4-6H2,1-3H3. The van der Waals surface area contributed by atoms with Crippen LogP contribution in [0.1, 0.15) is 57.7 Å². The number of hydrogen-bond donors (Lipinski definition) is 0. The van der Waals surface area contributed by atoms with E-state index < -0.39 is 0 Å². The lowest BCUT2D eigenvalue weighted by molar-refractivity contribution is 0.303. The van der Waals surface area contributed by atoms with Crippen molar-refractivity contribution in [3.8, 4) is 0 Å². The predicted molar refractivity (Wildman–Crippen MR) is 49.6 cm³/mol. The Balaban J connectivity index is 2.17. The van der Waals surface area contributed by atoms with Crippen molar-refractivity contribution in [2.75, 3.05) is 0 Å². The molecule has 1 aromatic rings. The summed E-state index contributed by atoms with van der Waals surface area (Å²) < 4.78 is 5.63. The predicted octanol–water partition coefficient (Wildman–Crippen LogP) is 2.63. The molecule has 1 heterocycles. The third kappa shape index (κ3) is 1.60. The van der Waals surface area contributed by atoms with Gasteiger partial charge in [0.2, 0.25) is 11.8 Å². The van der Waals surface area contributed by atoms with Crippen LogP contribution in [0.25, 0.3) is 0 Å². The average molecular weight is 180 g/mol. The van der Waals surface area contributed by atoms with Gasteiger partial charge < -0.3 is 4.42 Å². The maximum Gasteiger partial charge on any atom is 0.221 e. The lowest BCUT2D eigenvalue weighted by Gasteiger charge is -2.21. The molecular weight excluding hydrogens is 164 g/mol. The number of aromatic nitrogens is 2. The van der Waals surface area contributed by atoms with E-state index in [1.807, 2.05) is 0 Å². The first-order valence-electron chi connectivity index (χ1n) is 4.91. The van der Waals surface area contributed by atoms with Gasteiger partial charge in [-0.3, -0.25) is 0 Å². The molecule has 0 N–H and O–H groups in total. The first-order chi connectivity index (χ1) is 6.07. The van der Waals surface area contributed by atoms with E-state index in [2.05, 4.69) is 31.0 Å². The van der Waals surface area contributed by atoms with E-state index in [0.717, 1.165) is 11.8 Å². The second-order valence-corrected chi connectivity index (χ2v) is 4.82. The second-order valence-electron chi connectivity index (χ2n) is 4.82. The smallest absolute Gasteiger partial charge is 0.221 e. The molecule has 0 amide bonds. The van der Waals surface area contributed by atoms with E-state index in [1.165, 1.54) is 19.3 Å². The van der Waals surface area contributed by atoms with E-state index in [4.69, 9.17) is 4.42 Å². The Kier molecular flexibility index (Phi) is 1.90. The highest BCUT2D eigenvalue weighted by atomic mass is 16.4. The maximum absolute atomic E-state index is 5.63. The zero-order valence-corrected chi connectivity index (χ0v) is 8.50. The molecule has 0 radical (unpaired) electrons. The molecule has 0 spiro atoms. The highest BCUT2D eigenvalue weighted by molar-refractivity contribution is 5.01. The highest BCUT2D eigenvalue weighted by Gasteiger charge is 2.28. The van der Waals surface area contributed by atoms with Crippen LogP contribution >= 0.6 is 0 Å². The molecule has 2 rings (SSSR count). The summed E-state index contributed by atoms with van der Waals surface area (Å²) in [5.41, 5.74) is -0.0189. The van der Waals surface area contributed by atoms with Crippen LogP contribution < -0.4 is 0 Å². The van der Waals surface area contributed by atoms with Crippen LogP contribution in [0.2, 0.25) is 0 Å². The topological polar surface area (TPSA) is 38.9 Å². The summed E-state index contributed by atoms with van der Waals surface area (Å²) in [7, 11) is 0. The van der Waals surface area contributed by atoms with Gasteiger partial charge in [-0.25, -0.2) is 0 Å². The molecule has 0 atom stereocenters. The molecule has 0 aromatic carbocycles. The van der Waals surface area contributed by atoms with Crippen molar-refractivity contribution < 1.29 is 4.42 Å². The molecule has 0 saturated heterocycles. The minimum absolute atomic E-state index is 0.0189. The van der Waals surface area contributed by atoms with Crippen molar-refractivity contribution in [1.82, 2.24) is 10.2 Å². The fourth-order valence-corrected chi connectivity index (χ4v) is 1.36. The molecule has 3 heteroatoms. The van der Waals surface area contributed by atoms with Crippen molar-refractivity contribution in [3.63, 3.8) is 0 Å². The Labute approximate surface area is 78.5 Å². The van der Waals surface area contributed by atoms with Crippen LogP contribution in [0.3, 0.4) is 0 Å². The van der Waals surface area contributed by atoms with Gasteiger partial charge in [-0.2, -0.15) is 0 Å². The van der Waals surface area contributed by atoms with E-state index in [1.54, 1.807) is 0 Å². The van der Waals surface area contributed by atoms with Crippen LogP contribution in [0, 0.1) is 0 Å². The number of nitrogens with zero attached hydrogens (tertiary/aromatic N) is 2. The summed E-state index contributed by atoms with van der Waals surface area (Å²) in [6.07, 6.45) is 3.73. The Hall–Kier alpha value is -0.860. The fourth-order valence-electron chi connectivity index (χ4n) is 1.36. The molecule has 1 saturated carbocycles. The van der Waals surface area contributed by atoms with Gasteiger partial charge in [0.25, 0.3) is 0 Å². The lowest BCUT2D eigenvalue weighted by Crippen LogP contribution is -2.11. The van der Waals surface area contributed by atoms with Crippen molar-refractivity contribution >= 4 is 0 Å². The lowest BCUT2D eigenvalue weighted by atomic mass is 9.85. The zero-order chi connectivity index (χ0) is 9.47. The number of hydrogen-bond acceptors (Lipinski definition) is 3. The Morgan fingerprint density at radius 2 is 1.92 bits per heavy atom. The zero-order valence-electron chi connectivity index (χ0n) is 8.50. The van der Waals surface area contributed by atoms with Crippen molar-refractivity contribution in [1.29, 1.82) is 0 Å². The van der Waals surface area contributed by atoms with Crippen molar-refractivity contribution in [2.45, 2.75) is 51.4 Å². The highest BCUT2D eigenvalue weighted by Crippen LogP contribution is 2.36. The first-order valence-corrected chi connectivity index (χ1v) is 4.91. The summed E-state index contributed by atoms with van der Waals surface area (Å²) in [5, 5.41) is 8.16. The average Bonchev–Trinajstić information content (AvgIpc) is 2.29. The van der Waals surface area contributed by atoms with Gasteiger partial charge in [0.05, 0.1) is 0 Å². The second kappa shape index (κ2) is 2.82. The van der Waals surface area contributed by atoms with Crippen LogP contribution in [0.15, 0.2) is 4.42 Å². The number of rotatable bonds is 1. The summed E-state index contributed by atoms with van der Waals surface area (Å²) in [6, 6.07) is 0. The van der Waals surface area contributed by atoms with E-state index in [9.17, 15) is 0 Å². The Morgan fingerprint density at radius 3 is 2.31 bits per heavy atom. The van der Waals surface area contributed by atoms with Gasteiger partial charge in [-0.05, 0) is 12.8 Å². The van der Waals surface area contributed by atoms with Crippen LogP contribution in [0.5, 0.6) is 0 Å². The van der Waals surface area contributed by atoms with E-state index in [-0.39, 0.29) is 5.41 Å². The minimum Gasteiger partial charge on any atom is -0.424 e. The normalized spacial score (nSPS) is 18.7. The van der Waals surface area contributed by atoms with Gasteiger partial charge in [0.15, 0.2) is 0 Å². The molecule has 13 heavy (non-hydrogen) atoms. The van der Waals surface area contributed by atoms with Gasteiger partial charge in [0.1, 0.15) is 0 Å². The quantitative estimate of drug-likeness (QED) is 0.666. The van der Waals surface area contributed by atoms with Crippen molar-refractivity contribution in [3.05, 3.63) is 11.8 Å². The van der Waals surface area contributed by atoms with Crippen LogP contribution in [0.4, 0.5) is 0 Å². The summed E-state index contributed by atoms with van der Waals surface area (Å²) >= 11 is 0.